The van der Waals surface area contributed by atoms with Crippen LogP contribution in [-0.2, 0) is 21.7 Å². The minimum atomic E-state index is 0. The summed E-state index contributed by atoms with van der Waals surface area (Å²) < 4.78 is 0. The van der Waals surface area contributed by atoms with Gasteiger partial charge >= 0.3 is 21.7 Å². The Hall–Kier alpha value is -0.716. The van der Waals surface area contributed by atoms with Crippen molar-refractivity contribution >= 4 is 0 Å². The van der Waals surface area contributed by atoms with E-state index in [1.807, 2.05) is 60.7 Å². The third kappa shape index (κ3) is 6.02. The van der Waals surface area contributed by atoms with Crippen molar-refractivity contribution in [3.05, 3.63) is 66.7 Å². The molecule has 0 aliphatic rings. The molecule has 0 nitrogen and oxygen atoms in total. The van der Waals surface area contributed by atoms with Crippen LogP contribution in [0.5, 0.6) is 0 Å². The molecule has 0 amide bonds. The van der Waals surface area contributed by atoms with E-state index >= 15 is 0 Å². The van der Waals surface area contributed by atoms with Crippen molar-refractivity contribution in [3.8, 4) is 0 Å². The Morgan fingerprint density at radius 2 is 1.33 bits per heavy atom. The molecular weight excluding hydrogens is 180 g/mol. The zero-order valence-corrected chi connectivity index (χ0v) is 8.34. The van der Waals surface area contributed by atoms with Gasteiger partial charge in [0.05, 0.1) is 0 Å². The number of hydrogen-bond acceptors (Lipinski definition) is 0. The summed E-state index contributed by atoms with van der Waals surface area (Å²) in [6.07, 6.45) is 0. The molecule has 2 rings (SSSR count). The molecule has 0 spiro atoms. The molecular formula is C11H10Ti. The fourth-order valence-corrected chi connectivity index (χ4v) is 0.663. The second kappa shape index (κ2) is 8.38. The molecule has 0 fully saturated rings. The maximum absolute atomic E-state index is 2.89. The molecule has 0 aromatic heterocycles. The molecule has 2 aromatic rings. The molecule has 1 heteroatoms. The van der Waals surface area contributed by atoms with E-state index < -0.39 is 0 Å². The second-order valence-electron chi connectivity index (χ2n) is 2.04. The first-order valence-electron chi connectivity index (χ1n) is 3.58. The van der Waals surface area contributed by atoms with Gasteiger partial charge in [0.1, 0.15) is 0 Å². The van der Waals surface area contributed by atoms with Gasteiger partial charge in [-0.3, -0.25) is 0 Å². The summed E-state index contributed by atoms with van der Waals surface area (Å²) in [6, 6.07) is 22.5. The van der Waals surface area contributed by atoms with Crippen molar-refractivity contribution in [2.45, 2.75) is 0 Å². The van der Waals surface area contributed by atoms with Gasteiger partial charge in [0.15, 0.2) is 0 Å². The van der Waals surface area contributed by atoms with Crippen LogP contribution in [0.3, 0.4) is 0 Å². The molecule has 0 N–H and O–H groups in total. The maximum Gasteiger partial charge on any atom is 2.00 e. The van der Waals surface area contributed by atoms with Crippen LogP contribution < -0.4 is 0 Å². The Labute approximate surface area is 88.5 Å². The summed E-state index contributed by atoms with van der Waals surface area (Å²) in [6.45, 7) is 0. The molecule has 0 aliphatic heterocycles. The molecule has 58 valence electrons. The Morgan fingerprint density at radius 1 is 0.750 bits per heavy atom. The van der Waals surface area contributed by atoms with Gasteiger partial charge in [0.25, 0.3) is 0 Å². The van der Waals surface area contributed by atoms with E-state index in [0.717, 1.165) is 0 Å². The van der Waals surface area contributed by atoms with Crippen LogP contribution >= 0.6 is 0 Å². The van der Waals surface area contributed by atoms with Gasteiger partial charge in [0.2, 0.25) is 0 Å². The van der Waals surface area contributed by atoms with Crippen molar-refractivity contribution in [2.75, 3.05) is 0 Å². The van der Waals surface area contributed by atoms with Gasteiger partial charge in [-0.05, 0) is 0 Å². The van der Waals surface area contributed by atoms with Gasteiger partial charge in [-0.2, -0.15) is 54.6 Å². The molecule has 12 heavy (non-hydrogen) atoms. The SMILES string of the molecule is [Ti+2].[c-]1ccccc1.c1cc[cH-]c1. The second-order valence-corrected chi connectivity index (χ2v) is 2.04. The van der Waals surface area contributed by atoms with E-state index in [2.05, 4.69) is 6.07 Å². The summed E-state index contributed by atoms with van der Waals surface area (Å²) in [7, 11) is 0. The van der Waals surface area contributed by atoms with Gasteiger partial charge in [-0.1, -0.05) is 0 Å². The zero-order valence-electron chi connectivity index (χ0n) is 6.77. The van der Waals surface area contributed by atoms with E-state index in [4.69, 9.17) is 0 Å². The van der Waals surface area contributed by atoms with Crippen LogP contribution in [0.1, 0.15) is 0 Å². The van der Waals surface area contributed by atoms with Gasteiger partial charge in [0, 0.05) is 0 Å². The minimum absolute atomic E-state index is 0. The summed E-state index contributed by atoms with van der Waals surface area (Å²) >= 11 is 0. The first-order chi connectivity index (χ1) is 5.50. The first kappa shape index (κ1) is 11.3. The fraction of sp³-hybridized carbons (Fsp3) is 0. The number of hydrogen-bond donors (Lipinski definition) is 0. The molecule has 0 heterocycles. The van der Waals surface area contributed by atoms with Crippen LogP contribution in [0.4, 0.5) is 0 Å². The van der Waals surface area contributed by atoms with E-state index in [1.165, 1.54) is 0 Å². The monoisotopic (exact) mass is 190 g/mol. The van der Waals surface area contributed by atoms with Crippen LogP contribution in [-0.4, -0.2) is 0 Å². The third-order valence-corrected chi connectivity index (χ3v) is 1.16. The van der Waals surface area contributed by atoms with E-state index in [-0.39, 0.29) is 21.7 Å². The van der Waals surface area contributed by atoms with Crippen molar-refractivity contribution in [2.24, 2.45) is 0 Å². The first-order valence-corrected chi connectivity index (χ1v) is 3.58. The zero-order chi connectivity index (χ0) is 7.78. The fourth-order valence-electron chi connectivity index (χ4n) is 0.663. The van der Waals surface area contributed by atoms with Gasteiger partial charge < -0.3 is 0 Å². The number of benzene rings is 1. The Bertz CT molecular complexity index is 191. The standard InChI is InChI=1S/C6H5.C5H5.Ti/c1-2-4-6-5-3-1;1-2-4-5-3-1;/h1-5H;1-5H;/q2*-1;+2. The Kier molecular flexibility index (Phi) is 7.88. The average Bonchev–Trinajstić information content (AvgIpc) is 2.64. The molecule has 2 aromatic carbocycles. The van der Waals surface area contributed by atoms with Crippen LogP contribution in [0.2, 0.25) is 0 Å². The molecule has 0 saturated heterocycles. The summed E-state index contributed by atoms with van der Waals surface area (Å²) in [5.74, 6) is 0. The summed E-state index contributed by atoms with van der Waals surface area (Å²) in [5, 5.41) is 0. The molecule has 0 aliphatic carbocycles. The quantitative estimate of drug-likeness (QED) is 0.442. The largest absolute Gasteiger partial charge is 2.00 e. The maximum atomic E-state index is 2.89. The van der Waals surface area contributed by atoms with Crippen molar-refractivity contribution in [1.29, 1.82) is 0 Å². The van der Waals surface area contributed by atoms with Crippen molar-refractivity contribution in [1.82, 2.24) is 0 Å². The van der Waals surface area contributed by atoms with Crippen molar-refractivity contribution in [3.63, 3.8) is 0 Å². The van der Waals surface area contributed by atoms with Crippen LogP contribution in [0.25, 0.3) is 0 Å². The Morgan fingerprint density at radius 3 is 1.50 bits per heavy atom. The summed E-state index contributed by atoms with van der Waals surface area (Å²) in [4.78, 5) is 0. The van der Waals surface area contributed by atoms with Crippen molar-refractivity contribution < 1.29 is 21.7 Å². The van der Waals surface area contributed by atoms with Gasteiger partial charge in [-0.15, -0.1) is 0 Å². The third-order valence-electron chi connectivity index (χ3n) is 1.16. The van der Waals surface area contributed by atoms with E-state index in [0.29, 0.717) is 0 Å². The topological polar surface area (TPSA) is 0 Å². The molecule has 0 bridgehead atoms. The summed E-state index contributed by atoms with van der Waals surface area (Å²) in [5.41, 5.74) is 0. The molecule has 0 atom stereocenters. The van der Waals surface area contributed by atoms with Crippen LogP contribution in [0, 0.1) is 6.07 Å². The Balaban J connectivity index is 0.000000189. The molecule has 0 radical (unpaired) electrons. The molecule has 0 unspecified atom stereocenters. The predicted molar refractivity (Wildman–Crippen MR) is 47.3 cm³/mol. The molecule has 0 saturated carbocycles. The van der Waals surface area contributed by atoms with E-state index in [9.17, 15) is 0 Å². The minimum Gasteiger partial charge on any atom is -0.214 e. The van der Waals surface area contributed by atoms with E-state index in [1.54, 1.807) is 0 Å². The number of rotatable bonds is 0. The van der Waals surface area contributed by atoms with Crippen LogP contribution in [0.15, 0.2) is 60.7 Å². The smallest absolute Gasteiger partial charge is 0.214 e. The predicted octanol–water partition coefficient (Wildman–Crippen LogP) is 2.89. The van der Waals surface area contributed by atoms with Gasteiger partial charge in [-0.25, -0.2) is 12.1 Å². The average molecular weight is 190 g/mol. The normalized spacial score (nSPS) is 7.33.